The summed E-state index contributed by atoms with van der Waals surface area (Å²) in [6.07, 6.45) is 2.29. The lowest BCUT2D eigenvalue weighted by atomic mass is 9.96. The molecule has 198 valence electrons. The van der Waals surface area contributed by atoms with Gasteiger partial charge in [-0.15, -0.1) is 0 Å². The van der Waals surface area contributed by atoms with Crippen LogP contribution in [0.1, 0.15) is 18.9 Å². The number of H-pyrrole nitrogens is 1. The molecule has 2 fully saturated rings. The monoisotopic (exact) mass is 518 g/mol. The third kappa shape index (κ3) is 5.36. The first kappa shape index (κ1) is 25.4. The van der Waals surface area contributed by atoms with Gasteiger partial charge < -0.3 is 30.7 Å². The molecule has 12 heteroatoms. The highest BCUT2D eigenvalue weighted by molar-refractivity contribution is 6.46. The lowest BCUT2D eigenvalue weighted by molar-refractivity contribution is -0.119. The number of anilines is 4. The number of hydrogen-bond donors (Lipinski definition) is 5. The van der Waals surface area contributed by atoms with E-state index in [1.54, 1.807) is 24.4 Å². The molecule has 4 heterocycles. The van der Waals surface area contributed by atoms with Crippen LogP contribution in [0.4, 0.5) is 23.1 Å². The number of aromatic amines is 1. The van der Waals surface area contributed by atoms with Gasteiger partial charge in [-0.2, -0.15) is 5.10 Å². The summed E-state index contributed by atoms with van der Waals surface area (Å²) in [5.41, 5.74) is 7.42. The van der Waals surface area contributed by atoms with Crippen LogP contribution in [0.2, 0.25) is 0 Å². The summed E-state index contributed by atoms with van der Waals surface area (Å²) >= 11 is 0. The number of nitrogens with two attached hydrogens (primary N) is 1. The van der Waals surface area contributed by atoms with E-state index in [1.165, 1.54) is 0 Å². The SMILES string of the molecule is C[C@@H]1COCCN1c1cc(-c2ccc(NC(=O)C3CCOC3)cc2)c(C(=N)C(N)=O)c(Nc2ccn[nH]2)n1. The minimum absolute atomic E-state index is 0.0719. The van der Waals surface area contributed by atoms with Gasteiger partial charge in [-0.3, -0.25) is 20.1 Å². The van der Waals surface area contributed by atoms with Gasteiger partial charge in [0, 0.05) is 24.9 Å². The van der Waals surface area contributed by atoms with E-state index in [4.69, 9.17) is 25.6 Å². The molecule has 2 aromatic heterocycles. The summed E-state index contributed by atoms with van der Waals surface area (Å²) in [6.45, 7) is 4.82. The number of ether oxygens (including phenoxy) is 2. The molecular weight excluding hydrogens is 488 g/mol. The van der Waals surface area contributed by atoms with Crippen LogP contribution in [0.25, 0.3) is 11.1 Å². The van der Waals surface area contributed by atoms with Gasteiger partial charge in [0.15, 0.2) is 0 Å². The molecule has 2 atom stereocenters. The fourth-order valence-electron chi connectivity index (χ4n) is 4.61. The van der Waals surface area contributed by atoms with Crippen LogP contribution in [0.15, 0.2) is 42.6 Å². The van der Waals surface area contributed by atoms with Gasteiger partial charge in [0.1, 0.15) is 23.2 Å². The number of pyridine rings is 1. The van der Waals surface area contributed by atoms with E-state index >= 15 is 0 Å². The molecule has 2 saturated heterocycles. The Hall–Kier alpha value is -4.29. The van der Waals surface area contributed by atoms with E-state index in [9.17, 15) is 9.59 Å². The highest BCUT2D eigenvalue weighted by Crippen LogP contribution is 2.35. The Bertz CT molecular complexity index is 1320. The number of nitrogens with zero attached hydrogens (tertiary/aromatic N) is 3. The summed E-state index contributed by atoms with van der Waals surface area (Å²) in [6, 6.07) is 10.9. The van der Waals surface area contributed by atoms with Crippen molar-refractivity contribution in [3.8, 4) is 11.1 Å². The number of nitrogens with one attached hydrogen (secondary N) is 4. The number of morpholine rings is 1. The van der Waals surface area contributed by atoms with Crippen molar-refractivity contribution in [3.63, 3.8) is 0 Å². The summed E-state index contributed by atoms with van der Waals surface area (Å²) in [5, 5.41) is 21.4. The zero-order valence-corrected chi connectivity index (χ0v) is 21.0. The Morgan fingerprint density at radius 1 is 1.16 bits per heavy atom. The second-order valence-corrected chi connectivity index (χ2v) is 9.33. The summed E-state index contributed by atoms with van der Waals surface area (Å²) < 4.78 is 10.9. The summed E-state index contributed by atoms with van der Waals surface area (Å²) in [4.78, 5) is 31.7. The van der Waals surface area contributed by atoms with Crippen LogP contribution in [-0.4, -0.2) is 71.7 Å². The van der Waals surface area contributed by atoms with Crippen LogP contribution >= 0.6 is 0 Å². The highest BCUT2D eigenvalue weighted by Gasteiger charge is 2.27. The number of aromatic nitrogens is 3. The van der Waals surface area contributed by atoms with E-state index in [-0.39, 0.29) is 29.1 Å². The fraction of sp³-hybridized carbons (Fsp3) is 0.346. The largest absolute Gasteiger partial charge is 0.381 e. The first-order valence-corrected chi connectivity index (χ1v) is 12.4. The van der Waals surface area contributed by atoms with E-state index in [0.717, 1.165) is 5.56 Å². The van der Waals surface area contributed by atoms with Crippen molar-refractivity contribution in [2.24, 2.45) is 11.7 Å². The molecule has 0 radical (unpaired) electrons. The van der Waals surface area contributed by atoms with Crippen molar-refractivity contribution in [3.05, 3.63) is 48.2 Å². The quantitative estimate of drug-likeness (QED) is 0.283. The predicted molar refractivity (Wildman–Crippen MR) is 143 cm³/mol. The lowest BCUT2D eigenvalue weighted by Crippen LogP contribution is -2.44. The minimum Gasteiger partial charge on any atom is -0.381 e. The molecule has 0 spiro atoms. The molecule has 3 aromatic rings. The van der Waals surface area contributed by atoms with Crippen LogP contribution < -0.4 is 21.3 Å². The van der Waals surface area contributed by atoms with E-state index in [2.05, 4.69) is 32.7 Å². The standard InChI is InChI=1S/C26H30N8O4/c1-15-13-38-11-9-34(15)21-12-19(16-2-4-18(5-3-16)30-26(36)17-7-10-37-14-17)22(23(27)24(28)35)25(32-21)31-20-6-8-29-33-20/h2-6,8,12,15,17,27H,7,9-11,13-14H2,1H3,(H2,28,35)(H,30,36)(H2,29,31,32,33)/t15-,17?/m1/s1. The van der Waals surface area contributed by atoms with E-state index in [0.29, 0.717) is 68.1 Å². The Labute approximate surface area is 219 Å². The fourth-order valence-corrected chi connectivity index (χ4v) is 4.61. The smallest absolute Gasteiger partial charge is 0.267 e. The maximum Gasteiger partial charge on any atom is 0.267 e. The molecule has 1 unspecified atom stereocenters. The van der Waals surface area contributed by atoms with Gasteiger partial charge in [-0.1, -0.05) is 12.1 Å². The molecule has 0 saturated carbocycles. The normalized spacial score (nSPS) is 19.2. The molecule has 5 rings (SSSR count). The molecule has 1 aromatic carbocycles. The molecule has 12 nitrogen and oxygen atoms in total. The molecule has 2 aliphatic rings. The van der Waals surface area contributed by atoms with Gasteiger partial charge in [-0.05, 0) is 42.7 Å². The molecule has 0 bridgehead atoms. The lowest BCUT2D eigenvalue weighted by Gasteiger charge is -2.35. The number of carbonyl (C=O) groups excluding carboxylic acids is 2. The van der Waals surface area contributed by atoms with Crippen molar-refractivity contribution in [2.45, 2.75) is 19.4 Å². The van der Waals surface area contributed by atoms with Crippen molar-refractivity contribution < 1.29 is 19.1 Å². The van der Waals surface area contributed by atoms with E-state index < -0.39 is 5.91 Å². The van der Waals surface area contributed by atoms with Gasteiger partial charge in [0.05, 0.1) is 43.5 Å². The molecule has 0 aliphatic carbocycles. The molecule has 2 aliphatic heterocycles. The first-order valence-electron chi connectivity index (χ1n) is 12.4. The van der Waals surface area contributed by atoms with Crippen molar-refractivity contribution in [1.29, 1.82) is 5.41 Å². The maximum absolute atomic E-state index is 12.5. The topological polar surface area (TPSA) is 171 Å². The molecule has 2 amide bonds. The number of primary amides is 1. The maximum atomic E-state index is 12.5. The second-order valence-electron chi connectivity index (χ2n) is 9.33. The molecule has 6 N–H and O–H groups in total. The van der Waals surface area contributed by atoms with Crippen molar-refractivity contribution >= 4 is 40.7 Å². The number of rotatable bonds is 8. The van der Waals surface area contributed by atoms with Crippen molar-refractivity contribution in [1.82, 2.24) is 15.2 Å². The Balaban J connectivity index is 1.57. The number of amides is 2. The third-order valence-corrected chi connectivity index (χ3v) is 6.68. The predicted octanol–water partition coefficient (Wildman–Crippen LogP) is 2.27. The van der Waals surface area contributed by atoms with Crippen LogP contribution in [0.3, 0.4) is 0 Å². The highest BCUT2D eigenvalue weighted by atomic mass is 16.5. The number of carbonyl (C=O) groups is 2. The summed E-state index contributed by atoms with van der Waals surface area (Å²) in [7, 11) is 0. The minimum atomic E-state index is -0.879. The zero-order valence-electron chi connectivity index (χ0n) is 21.0. The average Bonchev–Trinajstić information content (AvgIpc) is 3.64. The van der Waals surface area contributed by atoms with Gasteiger partial charge in [0.25, 0.3) is 5.91 Å². The number of benzene rings is 1. The molecular formula is C26H30N8O4. The Kier molecular flexibility index (Phi) is 7.33. The van der Waals surface area contributed by atoms with Crippen molar-refractivity contribution in [2.75, 3.05) is 48.5 Å². The Morgan fingerprint density at radius 2 is 1.95 bits per heavy atom. The average molecular weight is 519 g/mol. The second kappa shape index (κ2) is 11.0. The zero-order chi connectivity index (χ0) is 26.6. The van der Waals surface area contributed by atoms with Crippen LogP contribution in [-0.2, 0) is 19.1 Å². The number of hydrogen-bond acceptors (Lipinski definition) is 9. The van der Waals surface area contributed by atoms with Gasteiger partial charge in [-0.25, -0.2) is 4.98 Å². The van der Waals surface area contributed by atoms with Crippen LogP contribution in [0.5, 0.6) is 0 Å². The van der Waals surface area contributed by atoms with Gasteiger partial charge >= 0.3 is 0 Å². The van der Waals surface area contributed by atoms with Crippen LogP contribution in [0, 0.1) is 11.3 Å². The summed E-state index contributed by atoms with van der Waals surface area (Å²) in [5.74, 6) is 0.385. The van der Waals surface area contributed by atoms with E-state index in [1.807, 2.05) is 18.2 Å². The first-order chi connectivity index (χ1) is 18.4. The molecule has 38 heavy (non-hydrogen) atoms. The Morgan fingerprint density at radius 3 is 2.61 bits per heavy atom. The van der Waals surface area contributed by atoms with Gasteiger partial charge in [0.2, 0.25) is 5.91 Å². The third-order valence-electron chi connectivity index (χ3n) is 6.68.